The van der Waals surface area contributed by atoms with E-state index in [1.807, 2.05) is 4.90 Å². The summed E-state index contributed by atoms with van der Waals surface area (Å²) in [7, 11) is -3.91. The largest absolute Gasteiger partial charge is 0.338 e. The van der Waals surface area contributed by atoms with E-state index >= 15 is 0 Å². The van der Waals surface area contributed by atoms with E-state index in [1.54, 1.807) is 30.3 Å². The van der Waals surface area contributed by atoms with Crippen LogP contribution in [0.4, 0.5) is 0 Å². The molecule has 5 rings (SSSR count). The Morgan fingerprint density at radius 2 is 1.64 bits per heavy atom. The minimum Gasteiger partial charge on any atom is -0.338 e. The van der Waals surface area contributed by atoms with Crippen LogP contribution in [0.1, 0.15) is 57.8 Å². The van der Waals surface area contributed by atoms with E-state index in [-0.39, 0.29) is 29.3 Å². The molecule has 7 nitrogen and oxygen atoms in total. The standard InChI is InChI=1S/C27H34ClN3O4S/c28-22-12-10-21-17-23(13-11-20(21)16-22)36(34,35)29-24-8-4-14-30(27(24)33)18-26(32)31-15-5-9-25(31)19-6-2-1-3-7-19/h10-13,16-17,19,24-25,29H,1-9,14-15,18H2. The van der Waals surface area contributed by atoms with Gasteiger partial charge in [0.15, 0.2) is 0 Å². The number of halogens is 1. The fourth-order valence-corrected chi connectivity index (χ4v) is 7.63. The van der Waals surface area contributed by atoms with Crippen LogP contribution in [0.5, 0.6) is 0 Å². The first-order valence-corrected chi connectivity index (χ1v) is 15.0. The lowest BCUT2D eigenvalue weighted by Crippen LogP contribution is -2.55. The summed E-state index contributed by atoms with van der Waals surface area (Å²) in [5, 5.41) is 2.17. The van der Waals surface area contributed by atoms with Gasteiger partial charge in [-0.25, -0.2) is 8.42 Å². The Balaban J connectivity index is 1.24. The number of nitrogens with one attached hydrogen (secondary N) is 1. The van der Waals surface area contributed by atoms with Gasteiger partial charge < -0.3 is 9.80 Å². The maximum atomic E-state index is 13.3. The molecular weight excluding hydrogens is 498 g/mol. The number of carbonyl (C=O) groups is 2. The van der Waals surface area contributed by atoms with Gasteiger partial charge in [0, 0.05) is 24.2 Å². The summed E-state index contributed by atoms with van der Waals surface area (Å²) < 4.78 is 28.9. The monoisotopic (exact) mass is 531 g/mol. The van der Waals surface area contributed by atoms with Crippen LogP contribution in [0, 0.1) is 5.92 Å². The Kier molecular flexibility index (Phi) is 7.56. The molecule has 0 radical (unpaired) electrons. The highest BCUT2D eigenvalue weighted by Gasteiger charge is 2.38. The molecule has 2 unspecified atom stereocenters. The third-order valence-corrected chi connectivity index (χ3v) is 9.76. The number of fused-ring (bicyclic) bond motifs is 1. The topological polar surface area (TPSA) is 86.8 Å². The van der Waals surface area contributed by atoms with Crippen LogP contribution in [0.3, 0.4) is 0 Å². The smallest absolute Gasteiger partial charge is 0.242 e. The van der Waals surface area contributed by atoms with Crippen LogP contribution in [0.2, 0.25) is 5.02 Å². The molecule has 2 heterocycles. The number of benzene rings is 2. The average Bonchev–Trinajstić information content (AvgIpc) is 3.37. The van der Waals surface area contributed by atoms with Gasteiger partial charge in [0.2, 0.25) is 21.8 Å². The maximum Gasteiger partial charge on any atom is 0.242 e. The van der Waals surface area contributed by atoms with Gasteiger partial charge in [-0.2, -0.15) is 4.72 Å². The molecule has 1 saturated carbocycles. The molecule has 0 bridgehead atoms. The van der Waals surface area contributed by atoms with Crippen molar-refractivity contribution in [3.8, 4) is 0 Å². The predicted octanol–water partition coefficient (Wildman–Crippen LogP) is 4.33. The number of hydrogen-bond acceptors (Lipinski definition) is 4. The van der Waals surface area contributed by atoms with Crippen LogP contribution >= 0.6 is 11.6 Å². The molecule has 3 aliphatic rings. The van der Waals surface area contributed by atoms with Gasteiger partial charge in [-0.05, 0) is 79.5 Å². The molecule has 2 atom stereocenters. The SMILES string of the molecule is O=C1C(NS(=O)(=O)c2ccc3cc(Cl)ccc3c2)CCCN1CC(=O)N1CCCC1C1CCCCC1. The first kappa shape index (κ1) is 25.5. The van der Waals surface area contributed by atoms with Gasteiger partial charge in [-0.15, -0.1) is 0 Å². The van der Waals surface area contributed by atoms with E-state index in [1.165, 1.54) is 43.1 Å². The van der Waals surface area contributed by atoms with Crippen LogP contribution in [-0.4, -0.2) is 61.7 Å². The third kappa shape index (κ3) is 5.41. The Hall–Kier alpha value is -2.16. The maximum absolute atomic E-state index is 13.3. The highest BCUT2D eigenvalue weighted by molar-refractivity contribution is 7.89. The Morgan fingerprint density at radius 3 is 2.44 bits per heavy atom. The fourth-order valence-electron chi connectivity index (χ4n) is 6.19. The first-order chi connectivity index (χ1) is 17.3. The molecule has 0 spiro atoms. The molecule has 1 N–H and O–H groups in total. The summed E-state index contributed by atoms with van der Waals surface area (Å²) in [6.07, 6.45) is 9.25. The van der Waals surface area contributed by atoms with Crippen molar-refractivity contribution in [3.63, 3.8) is 0 Å². The molecule has 0 aromatic heterocycles. The third-order valence-electron chi connectivity index (χ3n) is 8.05. The number of rotatable bonds is 6. The lowest BCUT2D eigenvalue weighted by Gasteiger charge is -2.37. The van der Waals surface area contributed by atoms with E-state index in [2.05, 4.69) is 4.72 Å². The van der Waals surface area contributed by atoms with Gasteiger partial charge in [0.25, 0.3) is 0 Å². The van der Waals surface area contributed by atoms with Crippen molar-refractivity contribution in [2.24, 2.45) is 5.92 Å². The van der Waals surface area contributed by atoms with Crippen molar-refractivity contribution in [1.82, 2.24) is 14.5 Å². The summed E-state index contributed by atoms with van der Waals surface area (Å²) in [5.41, 5.74) is 0. The second-order valence-corrected chi connectivity index (χ2v) is 12.6. The molecule has 194 valence electrons. The fraction of sp³-hybridized carbons (Fsp3) is 0.556. The second kappa shape index (κ2) is 10.7. The Morgan fingerprint density at radius 1 is 0.917 bits per heavy atom. The van der Waals surface area contributed by atoms with E-state index in [0.29, 0.717) is 30.3 Å². The molecule has 2 aromatic carbocycles. The van der Waals surface area contributed by atoms with E-state index < -0.39 is 16.1 Å². The Labute approximate surface area is 218 Å². The molecule has 2 aliphatic heterocycles. The van der Waals surface area contributed by atoms with Gasteiger partial charge in [-0.3, -0.25) is 9.59 Å². The molecule has 2 saturated heterocycles. The average molecular weight is 532 g/mol. The molecule has 36 heavy (non-hydrogen) atoms. The van der Waals surface area contributed by atoms with Crippen molar-refractivity contribution in [3.05, 3.63) is 41.4 Å². The van der Waals surface area contributed by atoms with Crippen LogP contribution in [-0.2, 0) is 19.6 Å². The number of piperidine rings is 1. The Bertz CT molecular complexity index is 1240. The second-order valence-electron chi connectivity index (χ2n) is 10.4. The van der Waals surface area contributed by atoms with E-state index in [0.717, 1.165) is 30.2 Å². The number of likely N-dealkylation sites (tertiary alicyclic amines) is 2. The zero-order valence-electron chi connectivity index (χ0n) is 20.5. The summed E-state index contributed by atoms with van der Waals surface area (Å²) in [4.78, 5) is 30.1. The number of hydrogen-bond donors (Lipinski definition) is 1. The zero-order valence-corrected chi connectivity index (χ0v) is 22.1. The molecule has 2 amide bonds. The van der Waals surface area contributed by atoms with Gasteiger partial charge in [0.1, 0.15) is 6.04 Å². The summed E-state index contributed by atoms with van der Waals surface area (Å²) in [6, 6.07) is 9.50. The van der Waals surface area contributed by atoms with Gasteiger partial charge in [0.05, 0.1) is 11.4 Å². The molecule has 2 aromatic rings. The van der Waals surface area contributed by atoms with Crippen LogP contribution in [0.15, 0.2) is 41.3 Å². The van der Waals surface area contributed by atoms with E-state index in [9.17, 15) is 18.0 Å². The molecule has 9 heteroatoms. The first-order valence-electron chi connectivity index (χ1n) is 13.1. The molecular formula is C27H34ClN3O4S. The minimum absolute atomic E-state index is 0.00637. The van der Waals surface area contributed by atoms with Crippen molar-refractivity contribution in [2.75, 3.05) is 19.6 Å². The van der Waals surface area contributed by atoms with Crippen LogP contribution < -0.4 is 4.72 Å². The summed E-state index contributed by atoms with van der Waals surface area (Å²) in [6.45, 7) is 1.25. The lowest BCUT2D eigenvalue weighted by molar-refractivity contribution is -0.144. The van der Waals surface area contributed by atoms with Crippen molar-refractivity contribution in [2.45, 2.75) is 74.8 Å². The number of amides is 2. The highest BCUT2D eigenvalue weighted by atomic mass is 35.5. The zero-order chi connectivity index (χ0) is 25.3. The quantitative estimate of drug-likeness (QED) is 0.601. The van der Waals surface area contributed by atoms with E-state index in [4.69, 9.17) is 11.6 Å². The van der Waals surface area contributed by atoms with Crippen molar-refractivity contribution >= 4 is 44.2 Å². The predicted molar refractivity (Wildman–Crippen MR) is 140 cm³/mol. The number of nitrogens with zero attached hydrogens (tertiary/aromatic N) is 2. The summed E-state index contributed by atoms with van der Waals surface area (Å²) >= 11 is 6.03. The van der Waals surface area contributed by atoms with Gasteiger partial charge in [-0.1, -0.05) is 43.0 Å². The number of sulfonamides is 1. The summed E-state index contributed by atoms with van der Waals surface area (Å²) in [5.74, 6) is 0.243. The lowest BCUT2D eigenvalue weighted by atomic mass is 9.83. The normalized spacial score (nSPS) is 24.0. The molecule has 1 aliphatic carbocycles. The highest BCUT2D eigenvalue weighted by Crippen LogP contribution is 2.34. The van der Waals surface area contributed by atoms with Crippen molar-refractivity contribution in [1.29, 1.82) is 0 Å². The van der Waals surface area contributed by atoms with Crippen LogP contribution in [0.25, 0.3) is 10.8 Å². The van der Waals surface area contributed by atoms with Crippen molar-refractivity contribution < 1.29 is 18.0 Å². The molecule has 3 fully saturated rings. The minimum atomic E-state index is -3.91. The number of carbonyl (C=O) groups excluding carboxylic acids is 2. The van der Waals surface area contributed by atoms with Gasteiger partial charge >= 0.3 is 0 Å².